The van der Waals surface area contributed by atoms with Crippen molar-refractivity contribution in [2.24, 2.45) is 0 Å². The first-order valence-corrected chi connectivity index (χ1v) is 38.2. The molecule has 0 aromatic rings. The fourth-order valence-electron chi connectivity index (χ4n) is 12.0. The summed E-state index contributed by atoms with van der Waals surface area (Å²) in [5, 5.41) is 0. The van der Waals surface area contributed by atoms with Crippen LogP contribution >= 0.6 is 0 Å². The quantitative estimate of drug-likeness (QED) is 0.0261. The van der Waals surface area contributed by atoms with Crippen LogP contribution in [0, 0.1) is 0 Å². The van der Waals surface area contributed by atoms with Crippen molar-refractivity contribution in [2.45, 2.75) is 451 Å². The van der Waals surface area contributed by atoms with Crippen LogP contribution in [0.2, 0.25) is 0 Å². The first-order valence-electron chi connectivity index (χ1n) is 38.2. The van der Waals surface area contributed by atoms with E-state index in [2.05, 4.69) is 32.9 Å². The van der Waals surface area contributed by atoms with Gasteiger partial charge in [-0.15, -0.1) is 0 Å². The van der Waals surface area contributed by atoms with Crippen LogP contribution in [0.25, 0.3) is 0 Å². The Morgan fingerprint density at radius 3 is 0.602 bits per heavy atom. The maximum absolute atomic E-state index is 13.0. The molecule has 0 aliphatic rings. The molecule has 6 nitrogen and oxygen atoms in total. The highest BCUT2D eigenvalue weighted by molar-refractivity contribution is 5.71. The average Bonchev–Trinajstić information content (AvgIpc) is 3.48. The number of hydrogen-bond acceptors (Lipinski definition) is 6. The maximum atomic E-state index is 13.0. The molecule has 1 unspecified atom stereocenters. The van der Waals surface area contributed by atoms with Crippen molar-refractivity contribution in [1.29, 1.82) is 0 Å². The van der Waals surface area contributed by atoms with Gasteiger partial charge in [0.2, 0.25) is 0 Å². The number of carbonyl (C=O) groups is 3. The van der Waals surface area contributed by atoms with Gasteiger partial charge in [0.15, 0.2) is 6.10 Å². The molecular weight excluding hydrogens is 1020 g/mol. The molecule has 0 rings (SSSR count). The Morgan fingerprint density at radius 1 is 0.229 bits per heavy atom. The van der Waals surface area contributed by atoms with Gasteiger partial charge in [-0.25, -0.2) is 0 Å². The normalized spacial score (nSPS) is 12.0. The molecule has 0 heterocycles. The summed E-state index contributed by atoms with van der Waals surface area (Å²) in [5.74, 6) is -0.825. The van der Waals surface area contributed by atoms with Crippen molar-refractivity contribution in [2.75, 3.05) is 13.2 Å². The molecule has 492 valence electrons. The van der Waals surface area contributed by atoms with Crippen LogP contribution in [0.5, 0.6) is 0 Å². The molecule has 0 N–H and O–H groups in total. The van der Waals surface area contributed by atoms with Gasteiger partial charge in [0.1, 0.15) is 13.2 Å². The predicted molar refractivity (Wildman–Crippen MR) is 363 cm³/mol. The molecule has 0 fully saturated rings. The second kappa shape index (κ2) is 72.6. The summed E-state index contributed by atoms with van der Waals surface area (Å²) in [4.78, 5) is 38.4. The summed E-state index contributed by atoms with van der Waals surface area (Å²) < 4.78 is 17.0. The Morgan fingerprint density at radius 2 is 0.398 bits per heavy atom. The maximum Gasteiger partial charge on any atom is 0.306 e. The number of unbranched alkanes of at least 4 members (excludes halogenated alkanes) is 59. The summed E-state index contributed by atoms with van der Waals surface area (Å²) in [7, 11) is 0. The number of hydrogen-bond donors (Lipinski definition) is 0. The van der Waals surface area contributed by atoms with E-state index in [0.717, 1.165) is 57.8 Å². The van der Waals surface area contributed by atoms with Gasteiger partial charge in [0, 0.05) is 19.3 Å². The highest BCUT2D eigenvalue weighted by atomic mass is 16.6. The second-order valence-corrected chi connectivity index (χ2v) is 26.3. The third kappa shape index (κ3) is 70.8. The van der Waals surface area contributed by atoms with E-state index in [1.807, 2.05) is 0 Å². The topological polar surface area (TPSA) is 78.9 Å². The van der Waals surface area contributed by atoms with Crippen LogP contribution in [-0.2, 0) is 28.6 Å². The van der Waals surface area contributed by atoms with Gasteiger partial charge in [0.25, 0.3) is 0 Å². The summed E-state index contributed by atoms with van der Waals surface area (Å²) in [6.07, 6.45) is 88.5. The number of carbonyl (C=O) groups excluding carboxylic acids is 3. The van der Waals surface area contributed by atoms with E-state index in [9.17, 15) is 14.4 Å². The number of rotatable bonds is 72. The Bertz CT molecular complexity index is 1300. The molecule has 0 saturated heterocycles. The van der Waals surface area contributed by atoms with E-state index in [0.29, 0.717) is 19.3 Å². The summed E-state index contributed by atoms with van der Waals surface area (Å²) in [6.45, 7) is 6.73. The monoisotopic (exact) mass is 1170 g/mol. The first-order chi connectivity index (χ1) is 41.0. The number of allylic oxidation sites excluding steroid dienone is 2. The zero-order valence-corrected chi connectivity index (χ0v) is 56.8. The van der Waals surface area contributed by atoms with Crippen LogP contribution in [0.4, 0.5) is 0 Å². The van der Waals surface area contributed by atoms with E-state index < -0.39 is 6.10 Å². The molecule has 0 amide bonds. The number of esters is 3. The van der Waals surface area contributed by atoms with Gasteiger partial charge >= 0.3 is 17.9 Å². The average molecular weight is 1170 g/mol. The molecule has 0 radical (unpaired) electrons. The van der Waals surface area contributed by atoms with Crippen molar-refractivity contribution >= 4 is 17.9 Å². The molecule has 0 spiro atoms. The highest BCUT2D eigenvalue weighted by Crippen LogP contribution is 2.20. The van der Waals surface area contributed by atoms with Gasteiger partial charge in [0.05, 0.1) is 0 Å². The van der Waals surface area contributed by atoms with E-state index in [4.69, 9.17) is 14.2 Å². The first kappa shape index (κ1) is 81.2. The summed E-state index contributed by atoms with van der Waals surface area (Å²) >= 11 is 0. The smallest absolute Gasteiger partial charge is 0.306 e. The predicted octanol–water partition coefficient (Wildman–Crippen LogP) is 26.3. The van der Waals surface area contributed by atoms with Crippen LogP contribution in [0.3, 0.4) is 0 Å². The van der Waals surface area contributed by atoms with Crippen molar-refractivity contribution in [3.8, 4) is 0 Å². The largest absolute Gasteiger partial charge is 0.462 e. The van der Waals surface area contributed by atoms with E-state index in [1.54, 1.807) is 0 Å². The minimum absolute atomic E-state index is 0.0623. The fraction of sp³-hybridized carbons (Fsp3) is 0.935. The minimum Gasteiger partial charge on any atom is -0.462 e. The van der Waals surface area contributed by atoms with Crippen LogP contribution in [0.1, 0.15) is 445 Å². The Hall–Kier alpha value is -1.85. The van der Waals surface area contributed by atoms with E-state index in [-0.39, 0.29) is 31.1 Å². The highest BCUT2D eigenvalue weighted by Gasteiger charge is 2.20. The molecule has 0 aromatic carbocycles. The van der Waals surface area contributed by atoms with Gasteiger partial charge in [-0.2, -0.15) is 0 Å². The van der Waals surface area contributed by atoms with Gasteiger partial charge in [-0.05, 0) is 44.9 Å². The summed E-state index contributed by atoms with van der Waals surface area (Å²) in [5.41, 5.74) is 0. The minimum atomic E-state index is -0.765. The van der Waals surface area contributed by atoms with Crippen molar-refractivity contribution in [3.63, 3.8) is 0 Å². The van der Waals surface area contributed by atoms with Crippen LogP contribution < -0.4 is 0 Å². The third-order valence-electron chi connectivity index (χ3n) is 17.8. The molecule has 1 atom stereocenters. The molecule has 83 heavy (non-hydrogen) atoms. The van der Waals surface area contributed by atoms with Gasteiger partial charge in [-0.1, -0.05) is 392 Å². The van der Waals surface area contributed by atoms with Crippen LogP contribution in [-0.4, -0.2) is 37.2 Å². The lowest BCUT2D eigenvalue weighted by Gasteiger charge is -2.18. The molecule has 0 aromatic heterocycles. The van der Waals surface area contributed by atoms with Gasteiger partial charge in [-0.3, -0.25) is 14.4 Å². The Kier molecular flexibility index (Phi) is 71.0. The lowest BCUT2D eigenvalue weighted by molar-refractivity contribution is -0.167. The molecule has 0 aliphatic heterocycles. The lowest BCUT2D eigenvalue weighted by atomic mass is 10.0. The standard InChI is InChI=1S/C77H148O6/c1-4-7-10-13-16-19-22-24-26-28-30-32-34-36-38-40-42-44-46-48-50-52-55-58-61-64-67-70-76(79)82-73-74(72-81-75(78)69-66-63-60-57-54-21-18-15-12-9-6-3)83-77(80)71-68-65-62-59-56-53-51-49-47-45-43-41-39-37-35-33-31-29-27-25-23-20-17-14-11-8-5-2/h28,30,74H,4-27,29,31-73H2,1-3H3/b30-28-. The fourth-order valence-corrected chi connectivity index (χ4v) is 12.0. The zero-order valence-electron chi connectivity index (χ0n) is 56.8. The third-order valence-corrected chi connectivity index (χ3v) is 17.8. The van der Waals surface area contributed by atoms with Crippen molar-refractivity contribution in [3.05, 3.63) is 12.2 Å². The lowest BCUT2D eigenvalue weighted by Crippen LogP contribution is -2.30. The van der Waals surface area contributed by atoms with Crippen LogP contribution in [0.15, 0.2) is 12.2 Å². The van der Waals surface area contributed by atoms with Gasteiger partial charge < -0.3 is 14.2 Å². The SMILES string of the molecule is CCCCCCCCCC/C=C\CCCCCCCCCCCCCCCCCC(=O)OCC(COC(=O)CCCCCCCCCCCCC)OC(=O)CCCCCCCCCCCCCCCCCCCCCCCCCCCCC. The van der Waals surface area contributed by atoms with E-state index in [1.165, 1.54) is 347 Å². The number of ether oxygens (including phenoxy) is 3. The molecular formula is C77H148O6. The zero-order chi connectivity index (χ0) is 59.9. The van der Waals surface area contributed by atoms with Crippen molar-refractivity contribution in [1.82, 2.24) is 0 Å². The summed E-state index contributed by atoms with van der Waals surface area (Å²) in [6, 6.07) is 0. The molecule has 0 bridgehead atoms. The second-order valence-electron chi connectivity index (χ2n) is 26.3. The van der Waals surface area contributed by atoms with E-state index >= 15 is 0 Å². The molecule has 0 saturated carbocycles. The Balaban J connectivity index is 4.11. The molecule has 6 heteroatoms. The van der Waals surface area contributed by atoms with Crippen molar-refractivity contribution < 1.29 is 28.6 Å². The Labute approximate surface area is 520 Å². The molecule has 0 aliphatic carbocycles.